The van der Waals surface area contributed by atoms with Crippen molar-refractivity contribution >= 4 is 58.4 Å². The van der Waals surface area contributed by atoms with E-state index in [1.54, 1.807) is 54.7 Å². The number of nitrogens with zero attached hydrogens (tertiary/aromatic N) is 3. The van der Waals surface area contributed by atoms with Crippen LogP contribution in [0, 0.1) is 0 Å². The molecule has 3 aromatic rings. The zero-order valence-electron chi connectivity index (χ0n) is 21.2. The molecule has 4 rings (SSSR count). The minimum Gasteiger partial charge on any atom is -0.382 e. The molecule has 0 unspecified atom stereocenters. The number of amides is 2. The lowest BCUT2D eigenvalue weighted by atomic mass is 9.89. The van der Waals surface area contributed by atoms with Crippen LogP contribution in [0.1, 0.15) is 25.3 Å². The molecule has 0 aliphatic carbocycles. The Morgan fingerprint density at radius 3 is 2.54 bits per heavy atom. The fraction of sp³-hybridized carbons (Fsp3) is 0.259. The molecule has 1 fully saturated rings. The number of hydrogen-bond acceptors (Lipinski definition) is 8. The quantitative estimate of drug-likeness (QED) is 0.154. The summed E-state index contributed by atoms with van der Waals surface area (Å²) in [6.07, 6.45) is 6.04. The maximum absolute atomic E-state index is 12.5. The fourth-order valence-electron chi connectivity index (χ4n) is 4.23. The number of hydroxylamine groups is 1. The lowest BCUT2D eigenvalue weighted by Gasteiger charge is -2.40. The van der Waals surface area contributed by atoms with Gasteiger partial charge in [0.1, 0.15) is 11.5 Å². The Balaban J connectivity index is 1.28. The van der Waals surface area contributed by atoms with Crippen molar-refractivity contribution in [3.8, 4) is 11.3 Å². The second-order valence-corrected chi connectivity index (χ2v) is 10.2. The number of nitrogens with two attached hydrogens (primary N) is 1. The molecule has 12 heteroatoms. The number of anilines is 3. The van der Waals surface area contributed by atoms with E-state index >= 15 is 0 Å². The van der Waals surface area contributed by atoms with Crippen LogP contribution in [0.25, 0.3) is 17.3 Å². The van der Waals surface area contributed by atoms with Crippen molar-refractivity contribution in [1.82, 2.24) is 20.8 Å². The first kappa shape index (κ1) is 28.3. The second-order valence-electron chi connectivity index (χ2n) is 9.44. The van der Waals surface area contributed by atoms with Crippen molar-refractivity contribution in [1.29, 1.82) is 0 Å². The average Bonchev–Trinajstić information content (AvgIpc) is 2.93. The number of halogens is 2. The summed E-state index contributed by atoms with van der Waals surface area (Å²) in [5.74, 6) is 0.186. The molecule has 0 bridgehead atoms. The van der Waals surface area contributed by atoms with E-state index in [0.717, 1.165) is 31.5 Å². The van der Waals surface area contributed by atoms with Gasteiger partial charge in [-0.3, -0.25) is 14.8 Å². The van der Waals surface area contributed by atoms with E-state index < -0.39 is 5.91 Å². The number of hydrogen-bond donors (Lipinski definition) is 5. The number of carbonyl (C=O) groups excluding carboxylic acids is 2. The van der Waals surface area contributed by atoms with Crippen LogP contribution in [0.4, 0.5) is 17.3 Å². The topological polar surface area (TPSA) is 146 Å². The van der Waals surface area contributed by atoms with Crippen LogP contribution in [0.15, 0.2) is 54.7 Å². The Labute approximate surface area is 236 Å². The molecular formula is C27H29Cl2N7O3. The largest absolute Gasteiger partial charge is 0.382 e. The van der Waals surface area contributed by atoms with Crippen LogP contribution in [0.3, 0.4) is 0 Å². The highest BCUT2D eigenvalue weighted by Crippen LogP contribution is 2.35. The van der Waals surface area contributed by atoms with E-state index in [2.05, 4.69) is 32.4 Å². The molecule has 2 amide bonds. The number of nitrogens with one attached hydrogen (secondary N) is 3. The van der Waals surface area contributed by atoms with Gasteiger partial charge in [-0.1, -0.05) is 47.5 Å². The molecule has 10 nitrogen and oxygen atoms in total. The standard InChI is InChI=1S/C27H29Cl2N7O3/c1-27(32-16-23(38)33-18-8-5-17(6-9-18)7-10-22(37)35-39)11-13-36(14-12-27)21-15-31-25(26(30)34-21)19-3-2-4-20(28)24(19)29/h2-10,15,32,39H,11-14,16H2,1H3,(H2,30,34)(H,33,38)(H,35,37)/b10-7+. The van der Waals surface area contributed by atoms with E-state index in [9.17, 15) is 9.59 Å². The number of nitrogen functional groups attached to an aromatic ring is 1. The van der Waals surface area contributed by atoms with Crippen molar-refractivity contribution in [2.45, 2.75) is 25.3 Å². The summed E-state index contributed by atoms with van der Waals surface area (Å²) < 4.78 is 0. The Bertz CT molecular complexity index is 1370. The fourth-order valence-corrected chi connectivity index (χ4v) is 4.62. The van der Waals surface area contributed by atoms with Gasteiger partial charge in [0.25, 0.3) is 5.91 Å². The summed E-state index contributed by atoms with van der Waals surface area (Å²) in [6.45, 7) is 3.71. The van der Waals surface area contributed by atoms with Crippen LogP contribution >= 0.6 is 23.2 Å². The van der Waals surface area contributed by atoms with Gasteiger partial charge in [0.05, 0.1) is 22.8 Å². The van der Waals surface area contributed by atoms with E-state index in [1.165, 1.54) is 11.6 Å². The summed E-state index contributed by atoms with van der Waals surface area (Å²) in [4.78, 5) is 34.8. The predicted octanol–water partition coefficient (Wildman–Crippen LogP) is 4.14. The normalized spacial score (nSPS) is 14.8. The highest BCUT2D eigenvalue weighted by atomic mass is 35.5. The molecule has 0 radical (unpaired) electrons. The zero-order chi connectivity index (χ0) is 28.0. The molecule has 0 saturated carbocycles. The molecule has 1 aliphatic heterocycles. The van der Waals surface area contributed by atoms with Gasteiger partial charge in [-0.15, -0.1) is 0 Å². The summed E-state index contributed by atoms with van der Waals surface area (Å²) in [5, 5.41) is 15.6. The number of aromatic nitrogens is 2. The first-order chi connectivity index (χ1) is 18.7. The molecule has 1 saturated heterocycles. The Hall–Kier alpha value is -3.70. The van der Waals surface area contributed by atoms with Crippen LogP contribution in [0.5, 0.6) is 0 Å². The van der Waals surface area contributed by atoms with Gasteiger partial charge in [0.15, 0.2) is 5.82 Å². The van der Waals surface area contributed by atoms with Gasteiger partial charge in [-0.25, -0.2) is 15.4 Å². The van der Waals surface area contributed by atoms with Crippen molar-refractivity contribution in [2.75, 3.05) is 35.6 Å². The highest BCUT2D eigenvalue weighted by molar-refractivity contribution is 6.43. The van der Waals surface area contributed by atoms with Crippen molar-refractivity contribution in [3.05, 3.63) is 70.3 Å². The van der Waals surface area contributed by atoms with Crippen molar-refractivity contribution in [2.24, 2.45) is 0 Å². The number of carbonyl (C=O) groups is 2. The van der Waals surface area contributed by atoms with Gasteiger partial charge < -0.3 is 21.3 Å². The first-order valence-electron chi connectivity index (χ1n) is 12.3. The maximum Gasteiger partial charge on any atom is 0.267 e. The third-order valence-electron chi connectivity index (χ3n) is 6.59. The van der Waals surface area contributed by atoms with Gasteiger partial charge in [-0.05, 0) is 49.6 Å². The molecule has 204 valence electrons. The van der Waals surface area contributed by atoms with E-state index in [4.69, 9.17) is 34.1 Å². The van der Waals surface area contributed by atoms with Crippen LogP contribution in [0.2, 0.25) is 10.0 Å². The second kappa shape index (κ2) is 12.4. The van der Waals surface area contributed by atoms with Crippen LogP contribution < -0.4 is 26.7 Å². The predicted molar refractivity (Wildman–Crippen MR) is 154 cm³/mol. The Morgan fingerprint density at radius 1 is 1.15 bits per heavy atom. The Kier molecular flexibility index (Phi) is 9.03. The summed E-state index contributed by atoms with van der Waals surface area (Å²) in [5.41, 5.74) is 10.1. The lowest BCUT2D eigenvalue weighted by Crippen LogP contribution is -2.53. The SMILES string of the molecule is CC1(NCC(=O)Nc2ccc(/C=C/C(=O)NO)cc2)CCN(c2cnc(-c3cccc(Cl)c3Cl)c(N)n2)CC1. The first-order valence-corrected chi connectivity index (χ1v) is 13.0. The lowest BCUT2D eigenvalue weighted by molar-refractivity contribution is -0.124. The summed E-state index contributed by atoms with van der Waals surface area (Å²) in [7, 11) is 0. The highest BCUT2D eigenvalue weighted by Gasteiger charge is 2.31. The molecule has 1 aromatic heterocycles. The number of benzene rings is 2. The third kappa shape index (κ3) is 7.24. The number of rotatable bonds is 8. The van der Waals surface area contributed by atoms with Gasteiger partial charge in [0, 0.05) is 36.0 Å². The van der Waals surface area contributed by atoms with Crippen LogP contribution in [-0.4, -0.2) is 52.2 Å². The van der Waals surface area contributed by atoms with Crippen LogP contribution in [-0.2, 0) is 9.59 Å². The smallest absolute Gasteiger partial charge is 0.267 e. The van der Waals surface area contributed by atoms with E-state index in [0.29, 0.717) is 32.8 Å². The molecule has 6 N–H and O–H groups in total. The molecule has 1 aliphatic rings. The molecule has 0 spiro atoms. The molecule has 39 heavy (non-hydrogen) atoms. The number of piperidine rings is 1. The molecule has 2 aromatic carbocycles. The van der Waals surface area contributed by atoms with E-state index in [1.807, 2.05) is 0 Å². The average molecular weight is 570 g/mol. The summed E-state index contributed by atoms with van der Waals surface area (Å²) >= 11 is 12.5. The zero-order valence-corrected chi connectivity index (χ0v) is 22.8. The van der Waals surface area contributed by atoms with Gasteiger partial charge in [-0.2, -0.15) is 0 Å². The third-order valence-corrected chi connectivity index (χ3v) is 7.41. The molecule has 2 heterocycles. The maximum atomic E-state index is 12.5. The minimum absolute atomic E-state index is 0.157. The van der Waals surface area contributed by atoms with Crippen molar-refractivity contribution in [3.63, 3.8) is 0 Å². The monoisotopic (exact) mass is 569 g/mol. The van der Waals surface area contributed by atoms with Crippen molar-refractivity contribution < 1.29 is 14.8 Å². The van der Waals surface area contributed by atoms with Gasteiger partial charge in [0.2, 0.25) is 5.91 Å². The van der Waals surface area contributed by atoms with E-state index in [-0.39, 0.29) is 23.8 Å². The Morgan fingerprint density at radius 2 is 1.87 bits per heavy atom. The van der Waals surface area contributed by atoms with Gasteiger partial charge >= 0.3 is 0 Å². The molecule has 0 atom stereocenters. The molecular weight excluding hydrogens is 541 g/mol. The summed E-state index contributed by atoms with van der Waals surface area (Å²) in [6, 6.07) is 12.3. The minimum atomic E-state index is -0.619.